The van der Waals surface area contributed by atoms with Crippen molar-refractivity contribution < 1.29 is 13.7 Å². The Morgan fingerprint density at radius 1 is 1.32 bits per heavy atom. The Morgan fingerprint density at radius 3 is 2.79 bits per heavy atom. The Labute approximate surface area is 174 Å². The van der Waals surface area contributed by atoms with Gasteiger partial charge in [0.2, 0.25) is 0 Å². The summed E-state index contributed by atoms with van der Waals surface area (Å²) < 4.78 is 19.6. The molecule has 2 fully saturated rings. The Bertz CT molecular complexity index is 834. The van der Waals surface area contributed by atoms with Crippen LogP contribution in [0, 0.1) is 12.7 Å². The Kier molecular flexibility index (Phi) is 6.60. The number of carbonyl (C=O) groups is 1. The van der Waals surface area contributed by atoms with Crippen molar-refractivity contribution in [2.45, 2.75) is 19.4 Å². The molecular weight excluding hydrogens is 406 g/mol. The molecule has 2 aliphatic heterocycles. The van der Waals surface area contributed by atoms with E-state index in [9.17, 15) is 9.18 Å². The largest absolute Gasteiger partial charge is 0.360 e. The van der Waals surface area contributed by atoms with Crippen molar-refractivity contribution in [1.82, 2.24) is 20.3 Å². The van der Waals surface area contributed by atoms with Gasteiger partial charge in [0.1, 0.15) is 22.8 Å². The summed E-state index contributed by atoms with van der Waals surface area (Å²) in [5.41, 5.74) is 0.575. The van der Waals surface area contributed by atoms with Crippen molar-refractivity contribution in [1.29, 1.82) is 0 Å². The lowest BCUT2D eigenvalue weighted by Gasteiger charge is -2.32. The maximum atomic E-state index is 14.4. The molecule has 0 spiro atoms. The van der Waals surface area contributed by atoms with E-state index in [0.717, 1.165) is 32.6 Å². The molecule has 152 valence electrons. The van der Waals surface area contributed by atoms with Crippen LogP contribution >= 0.6 is 24.0 Å². The smallest absolute Gasteiger partial charge is 0.259 e. The average molecular weight is 429 g/mol. The number of aryl methyl sites for hydroxylation is 1. The van der Waals surface area contributed by atoms with Gasteiger partial charge in [-0.3, -0.25) is 9.69 Å². The fraction of sp³-hybridized carbons (Fsp3) is 0.474. The van der Waals surface area contributed by atoms with Gasteiger partial charge in [0.05, 0.1) is 10.6 Å². The molecule has 2 aliphatic rings. The van der Waals surface area contributed by atoms with Crippen LogP contribution in [0.4, 0.5) is 4.39 Å². The molecule has 3 heterocycles. The summed E-state index contributed by atoms with van der Waals surface area (Å²) in [4.78, 5) is 17.4. The van der Waals surface area contributed by atoms with Crippen LogP contribution in [0.2, 0.25) is 5.02 Å². The first-order chi connectivity index (χ1) is 13.1. The Morgan fingerprint density at radius 2 is 2.07 bits per heavy atom. The zero-order chi connectivity index (χ0) is 19.0. The molecule has 4 rings (SSSR count). The van der Waals surface area contributed by atoms with Gasteiger partial charge in [0.15, 0.2) is 0 Å². The van der Waals surface area contributed by atoms with Crippen LogP contribution in [0.3, 0.4) is 0 Å². The van der Waals surface area contributed by atoms with Gasteiger partial charge in [0, 0.05) is 45.3 Å². The van der Waals surface area contributed by atoms with Crippen LogP contribution in [-0.2, 0) is 0 Å². The standard InChI is InChI=1S/C19H22ClFN4O2.ClH/c1-12-16(18(23-27-12)17-14(20)3-2-4-15(17)21)19(26)25-8-5-13(11-25)24-9-6-22-7-10-24;/h2-4,13,22H,5-11H2,1H3;1H. The second kappa shape index (κ2) is 8.78. The van der Waals surface area contributed by atoms with E-state index in [-0.39, 0.29) is 34.6 Å². The number of hydrogen-bond acceptors (Lipinski definition) is 5. The summed E-state index contributed by atoms with van der Waals surface area (Å²) in [7, 11) is 0. The van der Waals surface area contributed by atoms with E-state index in [1.165, 1.54) is 12.1 Å². The number of piperazine rings is 1. The molecule has 6 nitrogen and oxygen atoms in total. The molecule has 2 aromatic rings. The third-order valence-corrected chi connectivity index (χ3v) is 5.71. The Balaban J connectivity index is 0.00000225. The highest BCUT2D eigenvalue weighted by Crippen LogP contribution is 2.34. The SMILES string of the molecule is Cc1onc(-c2c(F)cccc2Cl)c1C(=O)N1CCC(N2CCNCC2)C1.Cl. The van der Waals surface area contributed by atoms with Crippen LogP contribution in [0.15, 0.2) is 22.7 Å². The lowest BCUT2D eigenvalue weighted by Crippen LogP contribution is -2.49. The van der Waals surface area contributed by atoms with Crippen LogP contribution in [-0.4, -0.2) is 66.2 Å². The topological polar surface area (TPSA) is 61.6 Å². The van der Waals surface area contributed by atoms with Crippen molar-refractivity contribution in [2.75, 3.05) is 39.3 Å². The van der Waals surface area contributed by atoms with E-state index in [0.29, 0.717) is 30.5 Å². The molecule has 1 aromatic carbocycles. The molecule has 0 radical (unpaired) electrons. The number of aromatic nitrogens is 1. The molecular formula is C19H23Cl2FN4O2. The lowest BCUT2D eigenvalue weighted by atomic mass is 10.0. The van der Waals surface area contributed by atoms with Gasteiger partial charge in [-0.15, -0.1) is 12.4 Å². The molecule has 1 aromatic heterocycles. The van der Waals surface area contributed by atoms with E-state index in [1.807, 2.05) is 4.90 Å². The number of carbonyl (C=O) groups excluding carboxylic acids is 1. The number of nitrogens with one attached hydrogen (secondary N) is 1. The van der Waals surface area contributed by atoms with E-state index >= 15 is 0 Å². The quantitative estimate of drug-likeness (QED) is 0.813. The van der Waals surface area contributed by atoms with Gasteiger partial charge < -0.3 is 14.7 Å². The molecule has 1 N–H and O–H groups in total. The number of hydrogen-bond donors (Lipinski definition) is 1. The van der Waals surface area contributed by atoms with Gasteiger partial charge in [0.25, 0.3) is 5.91 Å². The first-order valence-corrected chi connectivity index (χ1v) is 9.58. The summed E-state index contributed by atoms with van der Waals surface area (Å²) in [5.74, 6) is -0.328. The maximum absolute atomic E-state index is 14.4. The lowest BCUT2D eigenvalue weighted by molar-refractivity contribution is 0.0772. The predicted octanol–water partition coefficient (Wildman–Crippen LogP) is 2.98. The minimum atomic E-state index is -0.523. The molecule has 28 heavy (non-hydrogen) atoms. The number of likely N-dealkylation sites (tertiary alicyclic amines) is 1. The summed E-state index contributed by atoms with van der Waals surface area (Å²) in [6.07, 6.45) is 0.936. The molecule has 1 amide bonds. The van der Waals surface area contributed by atoms with E-state index in [4.69, 9.17) is 16.1 Å². The van der Waals surface area contributed by atoms with E-state index in [1.54, 1.807) is 13.0 Å². The van der Waals surface area contributed by atoms with Gasteiger partial charge in [-0.05, 0) is 25.5 Å². The van der Waals surface area contributed by atoms with Crippen LogP contribution in [0.5, 0.6) is 0 Å². The monoisotopic (exact) mass is 428 g/mol. The van der Waals surface area contributed by atoms with Crippen molar-refractivity contribution in [3.05, 3.63) is 40.4 Å². The van der Waals surface area contributed by atoms with Crippen molar-refractivity contribution >= 4 is 29.9 Å². The number of halogens is 3. The second-order valence-corrected chi connectivity index (χ2v) is 7.45. The number of amides is 1. The summed E-state index contributed by atoms with van der Waals surface area (Å²) >= 11 is 6.18. The summed E-state index contributed by atoms with van der Waals surface area (Å²) in [6, 6.07) is 4.76. The van der Waals surface area contributed by atoms with Crippen LogP contribution < -0.4 is 5.32 Å². The van der Waals surface area contributed by atoms with Gasteiger partial charge in [-0.25, -0.2) is 4.39 Å². The highest BCUT2D eigenvalue weighted by atomic mass is 35.5. The predicted molar refractivity (Wildman–Crippen MR) is 108 cm³/mol. The van der Waals surface area contributed by atoms with Crippen molar-refractivity contribution in [3.8, 4) is 11.3 Å². The summed E-state index contributed by atoms with van der Waals surface area (Å²) in [5, 5.41) is 7.50. The van der Waals surface area contributed by atoms with Gasteiger partial charge in [-0.1, -0.05) is 22.8 Å². The molecule has 0 aliphatic carbocycles. The molecule has 1 unspecified atom stereocenters. The zero-order valence-electron chi connectivity index (χ0n) is 15.6. The minimum absolute atomic E-state index is 0. The normalized spacial score (nSPS) is 20.2. The van der Waals surface area contributed by atoms with Gasteiger partial charge >= 0.3 is 0 Å². The second-order valence-electron chi connectivity index (χ2n) is 7.04. The minimum Gasteiger partial charge on any atom is -0.360 e. The molecule has 0 bridgehead atoms. The fourth-order valence-electron chi connectivity index (χ4n) is 3.95. The summed E-state index contributed by atoms with van der Waals surface area (Å²) in [6.45, 7) is 6.94. The fourth-order valence-corrected chi connectivity index (χ4v) is 4.20. The molecule has 9 heteroatoms. The Hall–Kier alpha value is -1.67. The van der Waals surface area contributed by atoms with Crippen molar-refractivity contribution in [3.63, 3.8) is 0 Å². The van der Waals surface area contributed by atoms with Crippen molar-refractivity contribution in [2.24, 2.45) is 0 Å². The van der Waals surface area contributed by atoms with E-state index < -0.39 is 5.82 Å². The molecule has 1 atom stereocenters. The zero-order valence-corrected chi connectivity index (χ0v) is 17.2. The average Bonchev–Trinajstić information content (AvgIpc) is 3.29. The number of benzene rings is 1. The maximum Gasteiger partial charge on any atom is 0.259 e. The molecule has 0 saturated carbocycles. The van der Waals surface area contributed by atoms with Gasteiger partial charge in [-0.2, -0.15) is 0 Å². The highest BCUT2D eigenvalue weighted by Gasteiger charge is 2.35. The van der Waals surface area contributed by atoms with Crippen LogP contribution in [0.25, 0.3) is 11.3 Å². The number of nitrogens with zero attached hydrogens (tertiary/aromatic N) is 3. The third kappa shape index (κ3) is 3.89. The first-order valence-electron chi connectivity index (χ1n) is 9.21. The highest BCUT2D eigenvalue weighted by molar-refractivity contribution is 6.33. The first kappa shape index (κ1) is 21.0. The molecule has 2 saturated heterocycles. The number of rotatable bonds is 3. The van der Waals surface area contributed by atoms with E-state index in [2.05, 4.69) is 15.4 Å². The third-order valence-electron chi connectivity index (χ3n) is 5.39. The van der Waals surface area contributed by atoms with Crippen LogP contribution in [0.1, 0.15) is 22.5 Å².